The molecule has 0 radical (unpaired) electrons. The van der Waals surface area contributed by atoms with Gasteiger partial charge in [-0.1, -0.05) is 12.5 Å². The Kier molecular flexibility index (Phi) is 8.48. The van der Waals surface area contributed by atoms with Crippen LogP contribution in [0.3, 0.4) is 0 Å². The van der Waals surface area contributed by atoms with E-state index in [0.717, 1.165) is 74.8 Å². The highest BCUT2D eigenvalue weighted by Crippen LogP contribution is 2.38. The molecule has 0 aliphatic carbocycles. The lowest BCUT2D eigenvalue weighted by Crippen LogP contribution is -2.49. The number of nitrogens with zero attached hydrogens (tertiary/aromatic N) is 5. The van der Waals surface area contributed by atoms with Gasteiger partial charge in [-0.15, -0.1) is 0 Å². The first kappa shape index (κ1) is 27.4. The Morgan fingerprint density at radius 1 is 1.23 bits per heavy atom. The highest BCUT2D eigenvalue weighted by Gasteiger charge is 2.28. The molecule has 1 amide bonds. The number of nitrogens with one attached hydrogen (secondary N) is 1. The van der Waals surface area contributed by atoms with Crippen LogP contribution in [0.2, 0.25) is 0 Å². The summed E-state index contributed by atoms with van der Waals surface area (Å²) in [7, 11) is 1.64. The fraction of sp³-hybridized carbons (Fsp3) is 0.387. The third kappa shape index (κ3) is 5.88. The van der Waals surface area contributed by atoms with Crippen LogP contribution in [0.5, 0.6) is 5.75 Å². The van der Waals surface area contributed by atoms with Crippen molar-refractivity contribution in [3.8, 4) is 17.6 Å². The number of amides is 1. The zero-order valence-electron chi connectivity index (χ0n) is 23.4. The van der Waals surface area contributed by atoms with Crippen LogP contribution >= 0.6 is 0 Å². The van der Waals surface area contributed by atoms with Gasteiger partial charge in [0.05, 0.1) is 37.4 Å². The first-order valence-electron chi connectivity index (χ1n) is 13.7. The van der Waals surface area contributed by atoms with Crippen molar-refractivity contribution in [3.63, 3.8) is 0 Å². The quantitative estimate of drug-likeness (QED) is 0.360. The molecule has 0 unspecified atom stereocenters. The molecule has 5 rings (SSSR count). The second kappa shape index (κ2) is 12.4. The van der Waals surface area contributed by atoms with Gasteiger partial charge in [0.15, 0.2) is 0 Å². The molecule has 2 fully saturated rings. The lowest BCUT2D eigenvalue weighted by molar-refractivity contribution is -0.111. The first-order valence-corrected chi connectivity index (χ1v) is 13.7. The molecular formula is C31H36N6O3. The first-order chi connectivity index (χ1) is 19.5. The molecular weight excluding hydrogens is 504 g/mol. The number of piperidine rings is 1. The lowest BCUT2D eigenvalue weighted by atomic mass is 10.0. The highest BCUT2D eigenvalue weighted by atomic mass is 16.5. The molecule has 2 aliphatic rings. The third-order valence-electron chi connectivity index (χ3n) is 7.70. The summed E-state index contributed by atoms with van der Waals surface area (Å²) < 4.78 is 13.4. The van der Waals surface area contributed by atoms with E-state index < -0.39 is 0 Å². The predicted molar refractivity (Wildman–Crippen MR) is 159 cm³/mol. The van der Waals surface area contributed by atoms with E-state index in [2.05, 4.69) is 43.5 Å². The Bertz CT molecular complexity index is 1480. The van der Waals surface area contributed by atoms with Gasteiger partial charge in [-0.3, -0.25) is 14.7 Å². The number of ether oxygens (including phenoxy) is 2. The van der Waals surface area contributed by atoms with Crippen LogP contribution in [0.15, 0.2) is 48.2 Å². The van der Waals surface area contributed by atoms with E-state index in [1.54, 1.807) is 26.4 Å². The molecule has 4 heterocycles. The molecule has 2 aliphatic heterocycles. The van der Waals surface area contributed by atoms with Crippen LogP contribution in [-0.4, -0.2) is 79.0 Å². The molecule has 2 saturated heterocycles. The van der Waals surface area contributed by atoms with Gasteiger partial charge in [-0.05, 0) is 50.8 Å². The number of aliphatic imine (C=N–C) groups is 1. The fourth-order valence-corrected chi connectivity index (χ4v) is 5.51. The third-order valence-corrected chi connectivity index (χ3v) is 7.70. The number of carbonyl (C=O) groups excluding carboxylic acids is 1. The highest BCUT2D eigenvalue weighted by molar-refractivity contribution is 6.06. The molecule has 0 atom stereocenters. The van der Waals surface area contributed by atoms with Crippen molar-refractivity contribution < 1.29 is 14.3 Å². The molecule has 2 aromatic heterocycles. The summed E-state index contributed by atoms with van der Waals surface area (Å²) in [6, 6.07) is 8.36. The number of pyridine rings is 1. The summed E-state index contributed by atoms with van der Waals surface area (Å²) in [5.74, 6) is 5.56. The van der Waals surface area contributed by atoms with E-state index in [4.69, 9.17) is 9.47 Å². The topological polar surface area (TPSA) is 83.7 Å². The number of anilines is 2. The zero-order valence-corrected chi connectivity index (χ0v) is 23.4. The summed E-state index contributed by atoms with van der Waals surface area (Å²) >= 11 is 0. The summed E-state index contributed by atoms with van der Waals surface area (Å²) in [6.45, 7) is 13.2. The molecule has 40 heavy (non-hydrogen) atoms. The average Bonchev–Trinajstić information content (AvgIpc) is 3.47. The number of aryl methyl sites for hydroxylation is 1. The average molecular weight is 541 g/mol. The van der Waals surface area contributed by atoms with Crippen molar-refractivity contribution in [3.05, 3.63) is 60.1 Å². The van der Waals surface area contributed by atoms with Gasteiger partial charge >= 0.3 is 0 Å². The largest absolute Gasteiger partial charge is 0.496 e. The maximum Gasteiger partial charge on any atom is 0.300 e. The molecule has 9 heteroatoms. The summed E-state index contributed by atoms with van der Waals surface area (Å²) in [5, 5.41) is 2.99. The molecule has 208 valence electrons. The molecule has 0 spiro atoms. The van der Waals surface area contributed by atoms with Crippen molar-refractivity contribution in [1.82, 2.24) is 14.3 Å². The molecule has 3 aromatic rings. The van der Waals surface area contributed by atoms with E-state index in [0.29, 0.717) is 28.7 Å². The monoisotopic (exact) mass is 540 g/mol. The van der Waals surface area contributed by atoms with Gasteiger partial charge in [-0.2, -0.15) is 0 Å². The van der Waals surface area contributed by atoms with Gasteiger partial charge in [-0.25, -0.2) is 4.98 Å². The maximum absolute atomic E-state index is 12.6. The normalized spacial score (nSPS) is 16.6. The van der Waals surface area contributed by atoms with Crippen LogP contribution < -0.4 is 15.0 Å². The van der Waals surface area contributed by atoms with E-state index >= 15 is 0 Å². The van der Waals surface area contributed by atoms with Crippen LogP contribution in [0, 0.1) is 18.8 Å². The smallest absolute Gasteiger partial charge is 0.300 e. The molecule has 1 aromatic carbocycles. The number of hydrogen-bond donors (Lipinski definition) is 1. The second-order valence-corrected chi connectivity index (χ2v) is 10.00. The minimum Gasteiger partial charge on any atom is -0.496 e. The summed E-state index contributed by atoms with van der Waals surface area (Å²) in [4.78, 5) is 26.4. The summed E-state index contributed by atoms with van der Waals surface area (Å²) in [6.07, 6.45) is 7.59. The van der Waals surface area contributed by atoms with Crippen molar-refractivity contribution in [2.75, 3.05) is 56.7 Å². The number of aromatic nitrogens is 2. The Labute approximate surface area is 235 Å². The Morgan fingerprint density at radius 2 is 2.00 bits per heavy atom. The van der Waals surface area contributed by atoms with E-state index in [-0.39, 0.29) is 5.91 Å². The number of imidazole rings is 1. The minimum absolute atomic E-state index is 0.360. The standard InChI is InChI=1S/C31H36N6O3/c1-5-6-31(38)34-27-19-26(22(2)33-21-24-7-8-30-32-11-14-37(30)23(24)3)29(39-4)20-28(27)36-12-9-25(10-13-36)35-15-17-40-18-16-35/h7-8,11,14,19-21,25H,2,9-10,12-13,15-18H2,1,3-4H3,(H,34,38). The fourth-order valence-electron chi connectivity index (χ4n) is 5.51. The zero-order chi connectivity index (χ0) is 28.1. The second-order valence-electron chi connectivity index (χ2n) is 10.00. The number of methoxy groups -OCH3 is 1. The van der Waals surface area contributed by atoms with Gasteiger partial charge < -0.3 is 24.1 Å². The van der Waals surface area contributed by atoms with Crippen LogP contribution in [0.4, 0.5) is 11.4 Å². The van der Waals surface area contributed by atoms with E-state index in [1.807, 2.05) is 41.8 Å². The lowest BCUT2D eigenvalue weighted by Gasteiger charge is -2.41. The molecule has 1 N–H and O–H groups in total. The Morgan fingerprint density at radius 3 is 2.73 bits per heavy atom. The maximum atomic E-state index is 12.6. The van der Waals surface area contributed by atoms with Crippen molar-refractivity contribution >= 4 is 34.8 Å². The Balaban J connectivity index is 1.41. The van der Waals surface area contributed by atoms with E-state index in [1.165, 1.54) is 0 Å². The van der Waals surface area contributed by atoms with Gasteiger partial charge in [0.1, 0.15) is 11.4 Å². The van der Waals surface area contributed by atoms with Crippen LogP contribution in [0.25, 0.3) is 11.3 Å². The van der Waals surface area contributed by atoms with Crippen molar-refractivity contribution in [1.29, 1.82) is 0 Å². The molecule has 9 nitrogen and oxygen atoms in total. The van der Waals surface area contributed by atoms with Crippen molar-refractivity contribution in [2.24, 2.45) is 4.99 Å². The van der Waals surface area contributed by atoms with Gasteiger partial charge in [0.25, 0.3) is 5.91 Å². The van der Waals surface area contributed by atoms with Gasteiger partial charge in [0, 0.05) is 73.7 Å². The molecule has 0 bridgehead atoms. The number of benzene rings is 1. The van der Waals surface area contributed by atoms with Gasteiger partial charge in [0.2, 0.25) is 0 Å². The molecule has 0 saturated carbocycles. The predicted octanol–water partition coefficient (Wildman–Crippen LogP) is 4.00. The Hall–Kier alpha value is -4.13. The number of morpholine rings is 1. The number of carbonyl (C=O) groups is 1. The van der Waals surface area contributed by atoms with E-state index in [9.17, 15) is 4.79 Å². The van der Waals surface area contributed by atoms with Crippen LogP contribution in [0.1, 0.15) is 36.6 Å². The number of hydrogen-bond acceptors (Lipinski definition) is 7. The number of rotatable bonds is 7. The minimum atomic E-state index is -0.360. The van der Waals surface area contributed by atoms with Crippen LogP contribution in [-0.2, 0) is 9.53 Å². The van der Waals surface area contributed by atoms with Crippen molar-refractivity contribution in [2.45, 2.75) is 32.7 Å². The SMILES string of the molecule is C=C(N=Cc1ccc2nccn2c1C)c1cc(NC(=O)C#CC)c(N2CCC(N3CCOCC3)CC2)cc1OC. The summed E-state index contributed by atoms with van der Waals surface area (Å²) in [5.41, 5.74) is 5.67. The number of fused-ring (bicyclic) bond motifs is 1.